The van der Waals surface area contributed by atoms with Crippen molar-refractivity contribution >= 4 is 64.1 Å². The average Bonchev–Trinajstić information content (AvgIpc) is 3.88. The Morgan fingerprint density at radius 3 is 1.72 bits per heavy atom. The molecule has 0 radical (unpaired) electrons. The molecule has 0 spiro atoms. The van der Waals surface area contributed by atoms with Crippen LogP contribution in [0.4, 0.5) is 0 Å². The lowest BCUT2D eigenvalue weighted by atomic mass is 9.94. The van der Waals surface area contributed by atoms with E-state index >= 15 is 0 Å². The summed E-state index contributed by atoms with van der Waals surface area (Å²) in [5, 5.41) is 7.26. The molecule has 5 heteroatoms. The highest BCUT2D eigenvalue weighted by atomic mass is 32.1. The number of hydrogen-bond donors (Lipinski definition) is 0. The van der Waals surface area contributed by atoms with Crippen LogP contribution in [0.1, 0.15) is 0 Å². The fourth-order valence-electron chi connectivity index (χ4n) is 8.87. The Morgan fingerprint density at radius 2 is 0.933 bits per heavy atom. The van der Waals surface area contributed by atoms with E-state index in [0.29, 0.717) is 17.6 Å². The Hall–Kier alpha value is -7.73. The second-order valence-electron chi connectivity index (χ2n) is 15.2. The van der Waals surface area contributed by atoms with E-state index in [-0.39, 0.29) is 0 Å². The summed E-state index contributed by atoms with van der Waals surface area (Å²) in [6, 6.07) is 73.3. The van der Waals surface area contributed by atoms with E-state index < -0.39 is 0 Å². The standard InChI is InChI=1S/C55H34N4S/c1-4-16-35(17-5-1)38-30-31-46-48(33-38)59(49-34-47(36-18-6-2-7-19-36)42-24-10-11-26-44(42)51(46)49)55-57-53(37-20-8-3-9-21-37)56-54(58-55)40-23-14-22-39(32-40)41-27-15-28-45-43-25-12-13-29-50(43)60-52(41)45/h1-34H. The van der Waals surface area contributed by atoms with Crippen LogP contribution in [-0.2, 0) is 0 Å². The molecule has 9 aromatic carbocycles. The van der Waals surface area contributed by atoms with Crippen molar-refractivity contribution < 1.29 is 0 Å². The van der Waals surface area contributed by atoms with E-state index in [1.54, 1.807) is 0 Å². The third kappa shape index (κ3) is 5.63. The molecule has 3 heterocycles. The van der Waals surface area contributed by atoms with Gasteiger partial charge in [-0.3, -0.25) is 4.57 Å². The van der Waals surface area contributed by atoms with Crippen molar-refractivity contribution in [1.29, 1.82) is 0 Å². The monoisotopic (exact) mass is 782 g/mol. The first-order chi connectivity index (χ1) is 29.7. The molecule has 60 heavy (non-hydrogen) atoms. The zero-order valence-electron chi connectivity index (χ0n) is 32.3. The van der Waals surface area contributed by atoms with E-state index in [4.69, 9.17) is 15.0 Å². The average molecular weight is 783 g/mol. The molecule has 0 saturated carbocycles. The number of benzene rings is 9. The highest BCUT2D eigenvalue weighted by Crippen LogP contribution is 2.43. The molecule has 0 bridgehead atoms. The predicted octanol–water partition coefficient (Wildman–Crippen LogP) is 14.8. The Balaban J connectivity index is 1.15. The first-order valence-corrected chi connectivity index (χ1v) is 21.0. The van der Waals surface area contributed by atoms with Gasteiger partial charge in [0.25, 0.3) is 0 Å². The van der Waals surface area contributed by atoms with Gasteiger partial charge in [0.15, 0.2) is 11.6 Å². The molecule has 12 aromatic rings. The maximum absolute atomic E-state index is 5.43. The van der Waals surface area contributed by atoms with Gasteiger partial charge >= 0.3 is 0 Å². The molecule has 12 rings (SSSR count). The Morgan fingerprint density at radius 1 is 0.333 bits per heavy atom. The van der Waals surface area contributed by atoms with Crippen LogP contribution in [0.15, 0.2) is 206 Å². The largest absolute Gasteiger partial charge is 0.278 e. The van der Waals surface area contributed by atoms with Crippen LogP contribution in [0.3, 0.4) is 0 Å². The van der Waals surface area contributed by atoms with Crippen LogP contribution < -0.4 is 0 Å². The normalized spacial score (nSPS) is 11.7. The molecule has 4 nitrogen and oxygen atoms in total. The summed E-state index contributed by atoms with van der Waals surface area (Å²) >= 11 is 1.84. The maximum atomic E-state index is 5.43. The molecule has 0 fully saturated rings. The second-order valence-corrected chi connectivity index (χ2v) is 16.2. The fraction of sp³-hybridized carbons (Fsp3) is 0. The van der Waals surface area contributed by atoms with E-state index in [9.17, 15) is 0 Å². The molecule has 0 N–H and O–H groups in total. The molecule has 280 valence electrons. The van der Waals surface area contributed by atoms with Gasteiger partial charge in [-0.1, -0.05) is 182 Å². The lowest BCUT2D eigenvalue weighted by Gasteiger charge is -2.13. The van der Waals surface area contributed by atoms with Crippen LogP contribution in [-0.4, -0.2) is 19.5 Å². The number of thiophene rings is 1. The maximum Gasteiger partial charge on any atom is 0.238 e. The lowest BCUT2D eigenvalue weighted by Crippen LogP contribution is -2.06. The molecule has 0 aliphatic carbocycles. The van der Waals surface area contributed by atoms with Gasteiger partial charge in [0.1, 0.15) is 0 Å². The number of hydrogen-bond acceptors (Lipinski definition) is 4. The second kappa shape index (κ2) is 14.0. The van der Waals surface area contributed by atoms with Gasteiger partial charge in [-0.2, -0.15) is 9.97 Å². The molecule has 0 atom stereocenters. The van der Waals surface area contributed by atoms with Crippen LogP contribution in [0.25, 0.3) is 115 Å². The molecule has 0 unspecified atom stereocenters. The molecule has 0 aliphatic rings. The zero-order valence-corrected chi connectivity index (χ0v) is 33.1. The smallest absolute Gasteiger partial charge is 0.238 e. The molecule has 0 saturated heterocycles. The van der Waals surface area contributed by atoms with Crippen LogP contribution in [0, 0.1) is 0 Å². The van der Waals surface area contributed by atoms with Crippen LogP contribution in [0.5, 0.6) is 0 Å². The van der Waals surface area contributed by atoms with Crippen molar-refractivity contribution in [2.75, 3.05) is 0 Å². The molecule has 0 aliphatic heterocycles. The minimum atomic E-state index is 0.565. The highest BCUT2D eigenvalue weighted by Gasteiger charge is 2.22. The van der Waals surface area contributed by atoms with Crippen LogP contribution >= 0.6 is 11.3 Å². The third-order valence-corrected chi connectivity index (χ3v) is 12.9. The van der Waals surface area contributed by atoms with Crippen molar-refractivity contribution in [3.05, 3.63) is 206 Å². The van der Waals surface area contributed by atoms with Gasteiger partial charge in [-0.15, -0.1) is 11.3 Å². The van der Waals surface area contributed by atoms with Gasteiger partial charge in [-0.05, 0) is 68.4 Å². The molecular formula is C55H34N4S. The van der Waals surface area contributed by atoms with Gasteiger partial charge in [-0.25, -0.2) is 4.98 Å². The van der Waals surface area contributed by atoms with Crippen molar-refractivity contribution in [2.45, 2.75) is 0 Å². The minimum absolute atomic E-state index is 0.565. The SMILES string of the molecule is c1ccc(-c2ccc3c4c5ccccc5c(-c5ccccc5)cc4n(-c4nc(-c5ccccc5)nc(-c5cccc(-c6cccc7c6sc6ccccc67)c5)n4)c3c2)cc1. The topological polar surface area (TPSA) is 43.6 Å². The van der Waals surface area contributed by atoms with Gasteiger partial charge in [0.05, 0.1) is 11.0 Å². The fourth-order valence-corrected chi connectivity index (χ4v) is 10.1. The van der Waals surface area contributed by atoms with Crippen molar-refractivity contribution in [3.8, 4) is 62.1 Å². The number of aromatic nitrogens is 4. The van der Waals surface area contributed by atoms with E-state index in [1.807, 2.05) is 29.5 Å². The van der Waals surface area contributed by atoms with Gasteiger partial charge in [0, 0.05) is 42.1 Å². The number of rotatable bonds is 6. The first kappa shape index (κ1) is 34.3. The summed E-state index contributed by atoms with van der Waals surface area (Å²) in [5.74, 6) is 1.80. The summed E-state index contributed by atoms with van der Waals surface area (Å²) in [6.07, 6.45) is 0. The van der Waals surface area contributed by atoms with Crippen molar-refractivity contribution in [1.82, 2.24) is 19.5 Å². The summed E-state index contributed by atoms with van der Waals surface area (Å²) in [6.45, 7) is 0. The van der Waals surface area contributed by atoms with Crippen LogP contribution in [0.2, 0.25) is 0 Å². The molecular weight excluding hydrogens is 749 g/mol. The van der Waals surface area contributed by atoms with Gasteiger partial charge < -0.3 is 0 Å². The predicted molar refractivity (Wildman–Crippen MR) is 252 cm³/mol. The third-order valence-electron chi connectivity index (χ3n) is 11.7. The summed E-state index contributed by atoms with van der Waals surface area (Å²) in [5.41, 5.74) is 10.8. The first-order valence-electron chi connectivity index (χ1n) is 20.2. The van der Waals surface area contributed by atoms with E-state index in [2.05, 4.69) is 193 Å². The Labute approximate surface area is 350 Å². The van der Waals surface area contributed by atoms with E-state index in [1.165, 1.54) is 41.9 Å². The quantitative estimate of drug-likeness (QED) is 0.169. The zero-order chi connectivity index (χ0) is 39.6. The minimum Gasteiger partial charge on any atom is -0.278 e. The molecule has 0 amide bonds. The summed E-state index contributed by atoms with van der Waals surface area (Å²) in [7, 11) is 0. The highest BCUT2D eigenvalue weighted by molar-refractivity contribution is 7.26. The summed E-state index contributed by atoms with van der Waals surface area (Å²) < 4.78 is 4.82. The molecule has 3 aromatic heterocycles. The van der Waals surface area contributed by atoms with E-state index in [0.717, 1.165) is 55.4 Å². The van der Waals surface area contributed by atoms with Gasteiger partial charge in [0.2, 0.25) is 5.95 Å². The Bertz CT molecular complexity index is 3590. The number of nitrogens with zero attached hydrogens (tertiary/aromatic N) is 4. The van der Waals surface area contributed by atoms with Crippen molar-refractivity contribution in [3.63, 3.8) is 0 Å². The summed E-state index contributed by atoms with van der Waals surface area (Å²) in [4.78, 5) is 16.0. The van der Waals surface area contributed by atoms with Crippen molar-refractivity contribution in [2.24, 2.45) is 0 Å². The number of fused-ring (bicyclic) bond motifs is 8. The Kier molecular flexibility index (Phi) is 8.00. The lowest BCUT2D eigenvalue weighted by molar-refractivity contribution is 0.954.